The molecule has 1 rings (SSSR count). The normalized spacial score (nSPS) is 27.0. The van der Waals surface area contributed by atoms with Crippen molar-refractivity contribution in [1.29, 1.82) is 0 Å². The van der Waals surface area contributed by atoms with Crippen molar-refractivity contribution in [2.75, 3.05) is 0 Å². The lowest BCUT2D eigenvalue weighted by Gasteiger charge is -2.08. The summed E-state index contributed by atoms with van der Waals surface area (Å²) >= 11 is 0. The summed E-state index contributed by atoms with van der Waals surface area (Å²) in [5.74, 6) is 0.607. The minimum absolute atomic E-state index is 0.0575. The van der Waals surface area contributed by atoms with Crippen molar-refractivity contribution in [3.63, 3.8) is 0 Å². The number of carbonyl (C=O) groups is 2. The van der Waals surface area contributed by atoms with E-state index in [0.717, 1.165) is 32.0 Å². The summed E-state index contributed by atoms with van der Waals surface area (Å²) in [5, 5.41) is 0. The highest BCUT2D eigenvalue weighted by Gasteiger charge is 2.25. The van der Waals surface area contributed by atoms with E-state index in [1.165, 1.54) is 0 Å². The zero-order chi connectivity index (χ0) is 8.27. The van der Waals surface area contributed by atoms with Crippen molar-refractivity contribution in [1.82, 2.24) is 0 Å². The van der Waals surface area contributed by atoms with Gasteiger partial charge in [0.25, 0.3) is 0 Å². The Bertz CT molecular complexity index is 163. The van der Waals surface area contributed by atoms with E-state index in [2.05, 4.69) is 0 Å². The summed E-state index contributed by atoms with van der Waals surface area (Å²) in [6.45, 7) is 1.87. The second-order valence-electron chi connectivity index (χ2n) is 3.40. The third-order valence-corrected chi connectivity index (χ3v) is 2.32. The molecule has 2 nitrogen and oxygen atoms in total. The van der Waals surface area contributed by atoms with Gasteiger partial charge in [-0.25, -0.2) is 0 Å². The Morgan fingerprint density at radius 2 is 2.45 bits per heavy atom. The number of hydrogen-bond acceptors (Lipinski definition) is 2. The molecule has 1 fully saturated rings. The van der Waals surface area contributed by atoms with Gasteiger partial charge in [0, 0.05) is 18.3 Å². The molecule has 0 N–H and O–H groups in total. The van der Waals surface area contributed by atoms with E-state index in [-0.39, 0.29) is 11.8 Å². The van der Waals surface area contributed by atoms with Crippen molar-refractivity contribution < 1.29 is 9.59 Å². The van der Waals surface area contributed by atoms with Crippen molar-refractivity contribution in [2.24, 2.45) is 11.8 Å². The van der Waals surface area contributed by atoms with Gasteiger partial charge in [-0.15, -0.1) is 0 Å². The van der Waals surface area contributed by atoms with Crippen LogP contribution in [0.1, 0.15) is 32.6 Å². The maximum Gasteiger partial charge on any atom is 0.135 e. The number of ketones is 1. The van der Waals surface area contributed by atoms with Crippen LogP contribution in [0.25, 0.3) is 0 Å². The molecule has 1 saturated carbocycles. The molecule has 0 unspecified atom stereocenters. The quantitative estimate of drug-likeness (QED) is 0.578. The molecular weight excluding hydrogens is 140 g/mol. The van der Waals surface area contributed by atoms with Gasteiger partial charge in [0.2, 0.25) is 0 Å². The van der Waals surface area contributed by atoms with Crippen LogP contribution >= 0.6 is 0 Å². The van der Waals surface area contributed by atoms with Crippen molar-refractivity contribution >= 4 is 12.1 Å². The van der Waals surface area contributed by atoms with Gasteiger partial charge in [0.15, 0.2) is 0 Å². The Morgan fingerprint density at radius 1 is 1.73 bits per heavy atom. The predicted molar refractivity (Wildman–Crippen MR) is 42.2 cm³/mol. The topological polar surface area (TPSA) is 34.1 Å². The molecule has 0 aliphatic heterocycles. The fourth-order valence-corrected chi connectivity index (χ4v) is 1.64. The van der Waals surface area contributed by atoms with Crippen molar-refractivity contribution in [2.45, 2.75) is 32.6 Å². The van der Waals surface area contributed by atoms with Gasteiger partial charge in [0.05, 0.1) is 0 Å². The molecule has 11 heavy (non-hydrogen) atoms. The lowest BCUT2D eigenvalue weighted by atomic mass is 9.95. The first-order valence-electron chi connectivity index (χ1n) is 4.22. The van der Waals surface area contributed by atoms with E-state index >= 15 is 0 Å². The van der Waals surface area contributed by atoms with Gasteiger partial charge in [-0.3, -0.25) is 4.79 Å². The summed E-state index contributed by atoms with van der Waals surface area (Å²) in [7, 11) is 0. The number of rotatable bonds is 3. The van der Waals surface area contributed by atoms with Crippen LogP contribution in [0.4, 0.5) is 0 Å². The molecule has 0 heterocycles. The summed E-state index contributed by atoms with van der Waals surface area (Å²) in [6, 6.07) is 0. The maximum absolute atomic E-state index is 11.1. The molecule has 0 radical (unpaired) electrons. The lowest BCUT2D eigenvalue weighted by molar-refractivity contribution is -0.121. The minimum Gasteiger partial charge on any atom is -0.303 e. The van der Waals surface area contributed by atoms with Gasteiger partial charge in [-0.2, -0.15) is 0 Å². The molecule has 0 aromatic heterocycles. The lowest BCUT2D eigenvalue weighted by Crippen LogP contribution is -2.11. The fourth-order valence-electron chi connectivity index (χ4n) is 1.64. The van der Waals surface area contributed by atoms with Gasteiger partial charge < -0.3 is 4.79 Å². The Balaban J connectivity index is 2.36. The molecule has 0 aromatic carbocycles. The third-order valence-electron chi connectivity index (χ3n) is 2.32. The van der Waals surface area contributed by atoms with E-state index < -0.39 is 0 Å². The average Bonchev–Trinajstić information content (AvgIpc) is 2.37. The van der Waals surface area contributed by atoms with E-state index in [0.29, 0.717) is 5.78 Å². The summed E-state index contributed by atoms with van der Waals surface area (Å²) in [6.07, 6.45) is 4.45. The predicted octanol–water partition coefficient (Wildman–Crippen LogP) is 1.58. The fraction of sp³-hybridized carbons (Fsp3) is 0.778. The van der Waals surface area contributed by atoms with E-state index in [9.17, 15) is 9.59 Å². The van der Waals surface area contributed by atoms with Gasteiger partial charge in [-0.1, -0.05) is 6.92 Å². The van der Waals surface area contributed by atoms with Crippen LogP contribution in [0.5, 0.6) is 0 Å². The van der Waals surface area contributed by atoms with E-state index in [4.69, 9.17) is 0 Å². The highest BCUT2D eigenvalue weighted by molar-refractivity contribution is 5.83. The zero-order valence-corrected chi connectivity index (χ0v) is 6.88. The van der Waals surface area contributed by atoms with Gasteiger partial charge >= 0.3 is 0 Å². The molecule has 1 aliphatic carbocycles. The van der Waals surface area contributed by atoms with Crippen LogP contribution < -0.4 is 0 Å². The molecule has 0 bridgehead atoms. The number of hydrogen-bond donors (Lipinski definition) is 0. The first kappa shape index (κ1) is 8.44. The summed E-state index contributed by atoms with van der Waals surface area (Å²) in [5.41, 5.74) is 0. The summed E-state index contributed by atoms with van der Waals surface area (Å²) in [4.78, 5) is 21.4. The minimum atomic E-state index is 0.0575. The Kier molecular flexibility index (Phi) is 2.80. The van der Waals surface area contributed by atoms with E-state index in [1.807, 2.05) is 6.92 Å². The number of carbonyl (C=O) groups excluding carboxylic acids is 2. The van der Waals surface area contributed by atoms with Crippen LogP contribution in [0.2, 0.25) is 0 Å². The van der Waals surface area contributed by atoms with E-state index in [1.54, 1.807) is 0 Å². The van der Waals surface area contributed by atoms with Crippen LogP contribution in [-0.2, 0) is 9.59 Å². The first-order valence-corrected chi connectivity index (χ1v) is 4.22. The van der Waals surface area contributed by atoms with Crippen LogP contribution in [0.15, 0.2) is 0 Å². The molecule has 0 aromatic rings. The Labute approximate surface area is 67.0 Å². The summed E-state index contributed by atoms with van der Waals surface area (Å²) < 4.78 is 0. The molecule has 62 valence electrons. The van der Waals surface area contributed by atoms with Gasteiger partial charge in [-0.05, 0) is 19.3 Å². The Hall–Kier alpha value is -0.660. The smallest absolute Gasteiger partial charge is 0.135 e. The highest BCUT2D eigenvalue weighted by Crippen LogP contribution is 2.26. The third kappa shape index (κ3) is 2.14. The molecule has 0 saturated heterocycles. The highest BCUT2D eigenvalue weighted by atomic mass is 16.1. The average molecular weight is 154 g/mol. The van der Waals surface area contributed by atoms with Crippen LogP contribution in [0, 0.1) is 11.8 Å². The molecule has 0 spiro atoms. The largest absolute Gasteiger partial charge is 0.303 e. The zero-order valence-electron chi connectivity index (χ0n) is 6.88. The van der Waals surface area contributed by atoms with Crippen LogP contribution in [0.3, 0.4) is 0 Å². The van der Waals surface area contributed by atoms with Crippen LogP contribution in [-0.4, -0.2) is 12.1 Å². The van der Waals surface area contributed by atoms with Crippen molar-refractivity contribution in [3.05, 3.63) is 0 Å². The molecular formula is C9H14O2. The SMILES string of the molecule is C[C@H](C=O)C[C@@H]1CCCC1=O. The second-order valence-corrected chi connectivity index (χ2v) is 3.40. The molecule has 0 amide bonds. The molecule has 2 atom stereocenters. The number of Topliss-reactive ketones (excluding diaryl/α,β-unsaturated/α-hetero) is 1. The van der Waals surface area contributed by atoms with Crippen molar-refractivity contribution in [3.8, 4) is 0 Å². The molecule has 1 aliphatic rings. The first-order chi connectivity index (χ1) is 5.24. The monoisotopic (exact) mass is 154 g/mol. The van der Waals surface area contributed by atoms with Gasteiger partial charge in [0.1, 0.15) is 12.1 Å². The molecule has 2 heteroatoms. The second kappa shape index (κ2) is 3.65. The standard InChI is InChI=1S/C9H14O2/c1-7(6-10)5-8-3-2-4-9(8)11/h6-8H,2-5H2,1H3/t7-,8-/m0/s1. The maximum atomic E-state index is 11.1. The Morgan fingerprint density at radius 3 is 2.91 bits per heavy atom. The number of aldehydes is 1.